The van der Waals surface area contributed by atoms with Crippen molar-refractivity contribution in [2.75, 3.05) is 27.4 Å². The van der Waals surface area contributed by atoms with Crippen LogP contribution in [0.15, 0.2) is 60.7 Å². The van der Waals surface area contributed by atoms with Gasteiger partial charge in [0.05, 0.1) is 13.2 Å². The lowest BCUT2D eigenvalue weighted by Crippen LogP contribution is -2.70. The van der Waals surface area contributed by atoms with E-state index in [1.165, 1.54) is 10.4 Å². The van der Waals surface area contributed by atoms with Crippen LogP contribution in [0.5, 0.6) is 0 Å². The molecule has 2 fully saturated rings. The molecular formula is C27H38O6Si. The molecule has 2 aromatic rings. The maximum Gasteiger partial charge on any atom is 0.261 e. The lowest BCUT2D eigenvalue weighted by molar-refractivity contribution is -0.450. The van der Waals surface area contributed by atoms with Crippen LogP contribution in [0.25, 0.3) is 0 Å². The first kappa shape index (κ1) is 25.5. The minimum Gasteiger partial charge on any atom is -0.405 e. The Morgan fingerprint density at radius 3 is 1.74 bits per heavy atom. The zero-order valence-corrected chi connectivity index (χ0v) is 22.4. The molecule has 186 valence electrons. The van der Waals surface area contributed by atoms with Crippen LogP contribution in [0.3, 0.4) is 0 Å². The average Bonchev–Trinajstić information content (AvgIpc) is 3.67. The molecule has 0 radical (unpaired) electrons. The maximum atomic E-state index is 7.14. The molecule has 7 heteroatoms. The lowest BCUT2D eigenvalue weighted by atomic mass is 10.0. The number of hydrogen-bond donors (Lipinski definition) is 0. The fourth-order valence-electron chi connectivity index (χ4n) is 5.03. The summed E-state index contributed by atoms with van der Waals surface area (Å²) in [6.45, 7) is 11.5. The van der Waals surface area contributed by atoms with Gasteiger partial charge in [0.15, 0.2) is 0 Å². The Bertz CT molecular complexity index is 905. The zero-order chi connectivity index (χ0) is 24.6. The smallest absolute Gasteiger partial charge is 0.261 e. The normalized spacial score (nSPS) is 31.9. The molecule has 0 aliphatic carbocycles. The average molecular weight is 487 g/mol. The Morgan fingerprint density at radius 1 is 0.853 bits per heavy atom. The number of hydrogen-bond acceptors (Lipinski definition) is 6. The van der Waals surface area contributed by atoms with Crippen molar-refractivity contribution in [3.8, 4) is 0 Å². The van der Waals surface area contributed by atoms with Gasteiger partial charge in [-0.1, -0.05) is 81.4 Å². The monoisotopic (exact) mass is 486 g/mol. The van der Waals surface area contributed by atoms with Gasteiger partial charge in [-0.3, -0.25) is 0 Å². The van der Waals surface area contributed by atoms with Crippen molar-refractivity contribution in [3.05, 3.63) is 60.7 Å². The molecule has 0 N–H and O–H groups in total. The van der Waals surface area contributed by atoms with Crippen molar-refractivity contribution in [1.82, 2.24) is 0 Å². The quantitative estimate of drug-likeness (QED) is 0.421. The molecule has 34 heavy (non-hydrogen) atoms. The number of methoxy groups -OCH3 is 2. The van der Waals surface area contributed by atoms with Crippen LogP contribution in [0.2, 0.25) is 5.04 Å². The third-order valence-corrected chi connectivity index (χ3v) is 12.3. The van der Waals surface area contributed by atoms with Gasteiger partial charge in [-0.15, -0.1) is 0 Å². The zero-order valence-electron chi connectivity index (χ0n) is 21.4. The third kappa shape index (κ3) is 4.39. The molecule has 1 unspecified atom stereocenters. The predicted molar refractivity (Wildman–Crippen MR) is 134 cm³/mol. The van der Waals surface area contributed by atoms with Gasteiger partial charge in [0.1, 0.15) is 18.3 Å². The van der Waals surface area contributed by atoms with Gasteiger partial charge in [-0.2, -0.15) is 0 Å². The summed E-state index contributed by atoms with van der Waals surface area (Å²) in [6.07, 6.45) is -0.766. The van der Waals surface area contributed by atoms with E-state index in [-0.39, 0.29) is 23.4 Å². The maximum absolute atomic E-state index is 7.14. The van der Waals surface area contributed by atoms with Crippen molar-refractivity contribution in [2.45, 2.75) is 69.5 Å². The van der Waals surface area contributed by atoms with Gasteiger partial charge < -0.3 is 28.1 Å². The third-order valence-electron chi connectivity index (χ3n) is 7.31. The number of rotatable bonds is 8. The van der Waals surface area contributed by atoms with Crippen molar-refractivity contribution >= 4 is 18.7 Å². The van der Waals surface area contributed by atoms with Crippen LogP contribution < -0.4 is 10.4 Å². The molecule has 0 saturated carbocycles. The molecular weight excluding hydrogens is 448 g/mol. The lowest BCUT2D eigenvalue weighted by Gasteiger charge is -2.52. The Hall–Kier alpha value is -1.58. The highest BCUT2D eigenvalue weighted by atomic mass is 28.4. The summed E-state index contributed by atoms with van der Waals surface area (Å²) >= 11 is 0. The van der Waals surface area contributed by atoms with Gasteiger partial charge in [0, 0.05) is 14.2 Å². The molecule has 0 bridgehead atoms. The van der Waals surface area contributed by atoms with Gasteiger partial charge in [-0.25, -0.2) is 0 Å². The van der Waals surface area contributed by atoms with E-state index >= 15 is 0 Å². The molecule has 4 rings (SSSR count). The molecule has 0 aromatic heterocycles. The first-order valence-electron chi connectivity index (χ1n) is 11.9. The molecule has 2 saturated heterocycles. The van der Waals surface area contributed by atoms with Crippen molar-refractivity contribution in [2.24, 2.45) is 0 Å². The van der Waals surface area contributed by atoms with E-state index in [0.29, 0.717) is 13.2 Å². The second kappa shape index (κ2) is 9.46. The minimum atomic E-state index is -2.73. The molecule has 6 nitrogen and oxygen atoms in total. The van der Waals surface area contributed by atoms with E-state index in [9.17, 15) is 0 Å². The molecule has 0 spiro atoms. The summed E-state index contributed by atoms with van der Waals surface area (Å²) in [4.78, 5) is 0. The highest BCUT2D eigenvalue weighted by Gasteiger charge is 2.60. The Morgan fingerprint density at radius 2 is 1.32 bits per heavy atom. The molecule has 0 amide bonds. The Labute approximate surface area is 204 Å². The van der Waals surface area contributed by atoms with Crippen LogP contribution in [0.4, 0.5) is 0 Å². The van der Waals surface area contributed by atoms with Crippen LogP contribution in [-0.4, -0.2) is 65.6 Å². The van der Waals surface area contributed by atoms with Crippen LogP contribution in [0.1, 0.15) is 34.6 Å². The highest BCUT2D eigenvalue weighted by molar-refractivity contribution is 6.99. The number of ether oxygens (including phenoxy) is 5. The molecule has 2 aliphatic heterocycles. The fourth-order valence-corrected chi connectivity index (χ4v) is 9.60. The van der Waals surface area contributed by atoms with Gasteiger partial charge in [-0.05, 0) is 29.3 Å². The second-order valence-electron chi connectivity index (χ2n) is 10.4. The molecule has 5 atom stereocenters. The number of benzene rings is 2. The summed E-state index contributed by atoms with van der Waals surface area (Å²) in [6, 6.07) is 21.2. The summed E-state index contributed by atoms with van der Waals surface area (Å²) in [5.41, 5.74) is 0. The standard InChI is InChI=1S/C27H38O6Si/c1-25(2,3)34(20-14-10-8-11-15-20,21-16-12-9-13-17-21)31-19-23-24(22-18-30-22)33-27(5,29-7)26(4,28-6)32-23/h8-17,22-24H,18-19H2,1-7H3/t22?,23-,24+,26+,27+/m1/s1. The van der Waals surface area contributed by atoms with Gasteiger partial charge in [0.2, 0.25) is 11.6 Å². The predicted octanol–water partition coefficient (Wildman–Crippen LogP) is 3.47. The van der Waals surface area contributed by atoms with Crippen molar-refractivity contribution < 1.29 is 28.1 Å². The summed E-state index contributed by atoms with van der Waals surface area (Å²) in [5, 5.41) is 2.31. The largest absolute Gasteiger partial charge is 0.405 e. The second-order valence-corrected chi connectivity index (χ2v) is 14.7. The SMILES string of the molecule is CO[C@@]1(C)O[C@H](CO[Si](c2ccccc2)(c2ccccc2)C(C)(C)C)[C@H](C2CO2)O[C@]1(C)OC. The van der Waals surface area contributed by atoms with E-state index in [1.807, 2.05) is 26.0 Å². The Balaban J connectivity index is 1.73. The van der Waals surface area contributed by atoms with Crippen LogP contribution in [-0.2, 0) is 28.1 Å². The summed E-state index contributed by atoms with van der Waals surface area (Å²) in [5.74, 6) is -2.18. The number of epoxide rings is 1. The highest BCUT2D eigenvalue weighted by Crippen LogP contribution is 2.43. The first-order chi connectivity index (χ1) is 16.1. The van der Waals surface area contributed by atoms with E-state index in [1.54, 1.807) is 14.2 Å². The van der Waals surface area contributed by atoms with E-state index in [0.717, 1.165) is 0 Å². The molecule has 2 heterocycles. The van der Waals surface area contributed by atoms with Gasteiger partial charge >= 0.3 is 0 Å². The summed E-state index contributed by atoms with van der Waals surface area (Å²) in [7, 11) is 0.481. The van der Waals surface area contributed by atoms with Gasteiger partial charge in [0.25, 0.3) is 8.32 Å². The van der Waals surface area contributed by atoms with Crippen LogP contribution in [0, 0.1) is 0 Å². The Kier molecular flexibility index (Phi) is 7.10. The topological polar surface area (TPSA) is 58.7 Å². The molecule has 2 aliphatic rings. The summed E-state index contributed by atoms with van der Waals surface area (Å²) < 4.78 is 37.3. The minimum absolute atomic E-state index is 0.0522. The molecule has 2 aromatic carbocycles. The van der Waals surface area contributed by atoms with Crippen LogP contribution >= 0.6 is 0 Å². The van der Waals surface area contributed by atoms with Crippen molar-refractivity contribution in [1.29, 1.82) is 0 Å². The van der Waals surface area contributed by atoms with E-state index < -0.39 is 19.9 Å². The van der Waals surface area contributed by atoms with E-state index in [4.69, 9.17) is 28.1 Å². The first-order valence-corrected chi connectivity index (χ1v) is 13.8. The van der Waals surface area contributed by atoms with Crippen molar-refractivity contribution in [3.63, 3.8) is 0 Å². The fraction of sp³-hybridized carbons (Fsp3) is 0.556. The van der Waals surface area contributed by atoms with E-state index in [2.05, 4.69) is 69.3 Å².